The van der Waals surface area contributed by atoms with Crippen LogP contribution in [0.5, 0.6) is 0 Å². The fraction of sp³-hybridized carbons (Fsp3) is 0.308. The predicted octanol–water partition coefficient (Wildman–Crippen LogP) is 2.69. The van der Waals surface area contributed by atoms with Crippen LogP contribution in [0.25, 0.3) is 10.8 Å². The summed E-state index contributed by atoms with van der Waals surface area (Å²) in [5.41, 5.74) is 0. The van der Waals surface area contributed by atoms with E-state index in [9.17, 15) is 0 Å². The Morgan fingerprint density at radius 3 is 3.06 bits per heavy atom. The molecule has 1 atom stereocenters. The fourth-order valence-electron chi connectivity index (χ4n) is 2.07. The molecule has 0 bridgehead atoms. The summed E-state index contributed by atoms with van der Waals surface area (Å²) in [5, 5.41) is 7.81. The lowest BCUT2D eigenvalue weighted by Crippen LogP contribution is -2.10. The predicted molar refractivity (Wildman–Crippen MR) is 68.9 cm³/mol. The second kappa shape index (κ2) is 4.44. The first kappa shape index (κ1) is 10.1. The van der Waals surface area contributed by atoms with E-state index in [1.54, 1.807) is 0 Å². The molecule has 82 valence electrons. The van der Waals surface area contributed by atoms with E-state index in [1.807, 2.05) is 18.0 Å². The maximum Gasteiger partial charge on any atom is 0.104 e. The van der Waals surface area contributed by atoms with Crippen LogP contribution in [-0.2, 0) is 0 Å². The number of hydrogen-bond donors (Lipinski definition) is 1. The summed E-state index contributed by atoms with van der Waals surface area (Å²) in [6.07, 6.45) is 3.16. The van der Waals surface area contributed by atoms with Gasteiger partial charge in [0.2, 0.25) is 0 Å². The van der Waals surface area contributed by atoms with Crippen molar-refractivity contribution in [2.24, 2.45) is 0 Å². The first-order valence-electron chi connectivity index (χ1n) is 5.64. The van der Waals surface area contributed by atoms with Gasteiger partial charge in [0.15, 0.2) is 0 Å². The number of thioether (sulfide) groups is 1. The Morgan fingerprint density at radius 2 is 2.19 bits per heavy atom. The Morgan fingerprint density at radius 1 is 1.25 bits per heavy atom. The van der Waals surface area contributed by atoms with Gasteiger partial charge in [-0.2, -0.15) is 0 Å². The van der Waals surface area contributed by atoms with E-state index in [0.717, 1.165) is 13.1 Å². The van der Waals surface area contributed by atoms with Crippen molar-refractivity contribution in [2.75, 3.05) is 13.1 Å². The van der Waals surface area contributed by atoms with Crippen LogP contribution in [0.1, 0.15) is 6.42 Å². The molecule has 1 unspecified atom stereocenters. The van der Waals surface area contributed by atoms with Gasteiger partial charge in [0.25, 0.3) is 0 Å². The van der Waals surface area contributed by atoms with Crippen LogP contribution < -0.4 is 5.32 Å². The van der Waals surface area contributed by atoms with Gasteiger partial charge in [-0.15, -0.1) is 11.8 Å². The number of benzene rings is 1. The number of rotatable bonds is 2. The largest absolute Gasteiger partial charge is 0.316 e. The van der Waals surface area contributed by atoms with Gasteiger partial charge in [-0.3, -0.25) is 0 Å². The molecule has 1 aromatic carbocycles. The number of aromatic nitrogens is 1. The van der Waals surface area contributed by atoms with E-state index in [0.29, 0.717) is 5.25 Å². The maximum absolute atomic E-state index is 4.51. The Hall–Kier alpha value is -1.06. The molecule has 0 spiro atoms. The van der Waals surface area contributed by atoms with Crippen LogP contribution in [0.15, 0.2) is 41.6 Å². The SMILES string of the molecule is c1ccc2c(SC3CCNC3)nccc2c1. The van der Waals surface area contributed by atoms with Crippen molar-refractivity contribution in [3.05, 3.63) is 36.5 Å². The molecule has 3 heteroatoms. The first-order valence-corrected chi connectivity index (χ1v) is 6.52. The molecule has 0 saturated carbocycles. The molecular weight excluding hydrogens is 216 g/mol. The van der Waals surface area contributed by atoms with E-state index in [2.05, 4.69) is 40.6 Å². The molecule has 2 heterocycles. The zero-order chi connectivity index (χ0) is 10.8. The van der Waals surface area contributed by atoms with Crippen molar-refractivity contribution in [1.82, 2.24) is 10.3 Å². The lowest BCUT2D eigenvalue weighted by atomic mass is 10.2. The van der Waals surface area contributed by atoms with E-state index < -0.39 is 0 Å². The molecule has 2 aromatic rings. The molecule has 1 N–H and O–H groups in total. The van der Waals surface area contributed by atoms with Crippen LogP contribution in [-0.4, -0.2) is 23.3 Å². The second-order valence-corrected chi connectivity index (χ2v) is 5.36. The molecule has 1 aliphatic heterocycles. The van der Waals surface area contributed by atoms with Crippen LogP contribution >= 0.6 is 11.8 Å². The van der Waals surface area contributed by atoms with Gasteiger partial charge in [-0.05, 0) is 24.4 Å². The monoisotopic (exact) mass is 230 g/mol. The minimum absolute atomic E-state index is 0.679. The summed E-state index contributed by atoms with van der Waals surface area (Å²) in [4.78, 5) is 4.51. The van der Waals surface area contributed by atoms with Gasteiger partial charge >= 0.3 is 0 Å². The zero-order valence-corrected chi connectivity index (χ0v) is 9.83. The molecule has 16 heavy (non-hydrogen) atoms. The topological polar surface area (TPSA) is 24.9 Å². The standard InChI is InChI=1S/C13H14N2S/c1-2-4-12-10(3-1)5-8-15-13(12)16-11-6-7-14-9-11/h1-5,8,11,14H,6-7,9H2. The van der Waals surface area contributed by atoms with E-state index in [-0.39, 0.29) is 0 Å². The van der Waals surface area contributed by atoms with Gasteiger partial charge in [-0.1, -0.05) is 24.3 Å². The van der Waals surface area contributed by atoms with E-state index >= 15 is 0 Å². The molecule has 0 amide bonds. The average Bonchev–Trinajstić information content (AvgIpc) is 2.82. The summed E-state index contributed by atoms with van der Waals surface area (Å²) < 4.78 is 0. The first-order chi connectivity index (χ1) is 7.93. The highest BCUT2D eigenvalue weighted by Crippen LogP contribution is 2.30. The van der Waals surface area contributed by atoms with Crippen molar-refractivity contribution in [1.29, 1.82) is 0 Å². The maximum atomic E-state index is 4.51. The molecule has 0 radical (unpaired) electrons. The summed E-state index contributed by atoms with van der Waals surface area (Å²) in [5.74, 6) is 0. The lowest BCUT2D eigenvalue weighted by Gasteiger charge is -2.09. The molecule has 1 aromatic heterocycles. The van der Waals surface area contributed by atoms with Crippen molar-refractivity contribution in [3.63, 3.8) is 0 Å². The average molecular weight is 230 g/mol. The highest BCUT2D eigenvalue weighted by atomic mass is 32.2. The minimum Gasteiger partial charge on any atom is -0.316 e. The second-order valence-electron chi connectivity index (χ2n) is 4.07. The third-order valence-corrected chi connectivity index (χ3v) is 4.21. The summed E-state index contributed by atoms with van der Waals surface area (Å²) in [7, 11) is 0. The third-order valence-electron chi connectivity index (χ3n) is 2.93. The van der Waals surface area contributed by atoms with Crippen LogP contribution in [0.3, 0.4) is 0 Å². The fourth-order valence-corrected chi connectivity index (χ4v) is 3.26. The molecule has 0 aliphatic carbocycles. The van der Waals surface area contributed by atoms with Crippen molar-refractivity contribution in [2.45, 2.75) is 16.7 Å². The molecule has 1 saturated heterocycles. The quantitative estimate of drug-likeness (QED) is 0.858. The van der Waals surface area contributed by atoms with Crippen molar-refractivity contribution >= 4 is 22.5 Å². The summed E-state index contributed by atoms with van der Waals surface area (Å²) >= 11 is 1.91. The summed E-state index contributed by atoms with van der Waals surface area (Å²) in [6.45, 7) is 2.25. The number of hydrogen-bond acceptors (Lipinski definition) is 3. The smallest absolute Gasteiger partial charge is 0.104 e. The zero-order valence-electron chi connectivity index (χ0n) is 9.02. The Balaban J connectivity index is 1.96. The molecule has 2 nitrogen and oxygen atoms in total. The molecule has 1 aliphatic rings. The Bertz CT molecular complexity index is 487. The number of nitrogens with one attached hydrogen (secondary N) is 1. The molecule has 3 rings (SSSR count). The van der Waals surface area contributed by atoms with Crippen molar-refractivity contribution in [3.8, 4) is 0 Å². The van der Waals surface area contributed by atoms with Gasteiger partial charge < -0.3 is 5.32 Å². The Kier molecular flexibility index (Phi) is 2.80. The highest BCUT2D eigenvalue weighted by Gasteiger charge is 2.17. The number of pyridine rings is 1. The minimum atomic E-state index is 0.679. The van der Waals surface area contributed by atoms with Gasteiger partial charge in [-0.25, -0.2) is 4.98 Å². The normalized spacial score (nSPS) is 20.4. The Labute approximate surface area is 99.5 Å². The summed E-state index contributed by atoms with van der Waals surface area (Å²) in [6, 6.07) is 10.5. The number of nitrogens with zero attached hydrogens (tertiary/aromatic N) is 1. The third kappa shape index (κ3) is 1.93. The van der Waals surface area contributed by atoms with Crippen LogP contribution in [0, 0.1) is 0 Å². The molecular formula is C13H14N2S. The lowest BCUT2D eigenvalue weighted by molar-refractivity contribution is 0.858. The van der Waals surface area contributed by atoms with Crippen LogP contribution in [0.4, 0.5) is 0 Å². The van der Waals surface area contributed by atoms with Crippen LogP contribution in [0.2, 0.25) is 0 Å². The van der Waals surface area contributed by atoms with E-state index in [4.69, 9.17) is 0 Å². The molecule has 1 fully saturated rings. The van der Waals surface area contributed by atoms with Gasteiger partial charge in [0, 0.05) is 23.4 Å². The highest BCUT2D eigenvalue weighted by molar-refractivity contribution is 8.00. The number of fused-ring (bicyclic) bond motifs is 1. The van der Waals surface area contributed by atoms with Gasteiger partial charge in [0.05, 0.1) is 0 Å². The van der Waals surface area contributed by atoms with Gasteiger partial charge in [0.1, 0.15) is 5.03 Å². The van der Waals surface area contributed by atoms with E-state index in [1.165, 1.54) is 22.2 Å². The van der Waals surface area contributed by atoms with Crippen molar-refractivity contribution < 1.29 is 0 Å².